The summed E-state index contributed by atoms with van der Waals surface area (Å²) >= 11 is 0. The second-order valence-corrected chi connectivity index (χ2v) is 6.76. The molecule has 0 aromatic heterocycles. The first-order valence-electron chi connectivity index (χ1n) is 9.61. The Hall–Kier alpha value is -1.12. The van der Waals surface area contributed by atoms with Crippen LogP contribution in [0.15, 0.2) is 11.6 Å². The molecule has 0 aliphatic carbocycles. The van der Waals surface area contributed by atoms with Crippen LogP contribution in [-0.2, 0) is 14.3 Å². The molecule has 1 atom stereocenters. The van der Waals surface area contributed by atoms with Crippen molar-refractivity contribution in [1.82, 2.24) is 0 Å². The van der Waals surface area contributed by atoms with E-state index in [9.17, 15) is 9.59 Å². The smallest absolute Gasteiger partial charge is 0.321 e. The third-order valence-electron chi connectivity index (χ3n) is 4.54. The topological polar surface area (TPSA) is 43.4 Å². The molecule has 3 nitrogen and oxygen atoms in total. The van der Waals surface area contributed by atoms with E-state index in [4.69, 9.17) is 0 Å². The van der Waals surface area contributed by atoms with Gasteiger partial charge < -0.3 is 4.74 Å². The van der Waals surface area contributed by atoms with Gasteiger partial charge >= 0.3 is 11.9 Å². The van der Waals surface area contributed by atoms with Crippen LogP contribution < -0.4 is 0 Å². The number of esters is 2. The minimum atomic E-state index is -0.377. The molecule has 1 aliphatic heterocycles. The van der Waals surface area contributed by atoms with Crippen LogP contribution in [0, 0.1) is 5.92 Å². The van der Waals surface area contributed by atoms with Crippen molar-refractivity contribution >= 4 is 11.9 Å². The highest BCUT2D eigenvalue weighted by atomic mass is 16.6. The van der Waals surface area contributed by atoms with E-state index >= 15 is 0 Å². The highest BCUT2D eigenvalue weighted by molar-refractivity contribution is 5.95. The summed E-state index contributed by atoms with van der Waals surface area (Å²) in [6.45, 7) is 4.43. The molecule has 0 radical (unpaired) electrons. The number of rotatable bonds is 13. The predicted molar refractivity (Wildman–Crippen MR) is 94.0 cm³/mol. The standard InChI is InChI=1S/C20H34O3/c1-3-5-7-8-9-10-11-12-14-17(13-6-4-2)15-18-16-19(21)23-20(18)22/h15,18H,3-14,16H2,1-2H3. The van der Waals surface area contributed by atoms with Gasteiger partial charge in [-0.2, -0.15) is 0 Å². The summed E-state index contributed by atoms with van der Waals surface area (Å²) in [7, 11) is 0. The molecule has 0 aromatic rings. The van der Waals surface area contributed by atoms with Gasteiger partial charge in [-0.05, 0) is 25.7 Å². The van der Waals surface area contributed by atoms with Gasteiger partial charge in [0.1, 0.15) is 0 Å². The third kappa shape index (κ3) is 8.92. The fourth-order valence-electron chi connectivity index (χ4n) is 3.09. The first-order chi connectivity index (χ1) is 11.2. The minimum absolute atomic E-state index is 0.228. The fourth-order valence-corrected chi connectivity index (χ4v) is 3.09. The van der Waals surface area contributed by atoms with E-state index in [-0.39, 0.29) is 24.3 Å². The van der Waals surface area contributed by atoms with Crippen molar-refractivity contribution in [3.05, 3.63) is 11.6 Å². The van der Waals surface area contributed by atoms with Crippen molar-refractivity contribution in [1.29, 1.82) is 0 Å². The zero-order valence-corrected chi connectivity index (χ0v) is 15.1. The second kappa shape index (κ2) is 12.3. The molecule has 132 valence electrons. The second-order valence-electron chi connectivity index (χ2n) is 6.76. The molecule has 23 heavy (non-hydrogen) atoms. The van der Waals surface area contributed by atoms with E-state index in [1.807, 2.05) is 6.08 Å². The number of cyclic esters (lactones) is 2. The summed E-state index contributed by atoms with van der Waals surface area (Å²) in [5, 5.41) is 0. The van der Waals surface area contributed by atoms with Gasteiger partial charge in [-0.1, -0.05) is 76.9 Å². The van der Waals surface area contributed by atoms with E-state index < -0.39 is 0 Å². The molecule has 0 saturated carbocycles. The Kier molecular flexibility index (Phi) is 10.7. The predicted octanol–water partition coefficient (Wildman–Crippen LogP) is 5.72. The Morgan fingerprint density at radius 2 is 1.48 bits per heavy atom. The first-order valence-corrected chi connectivity index (χ1v) is 9.61. The SMILES string of the molecule is CCCCCCCCCCC(=CC1CC(=O)OC1=O)CCCC. The highest BCUT2D eigenvalue weighted by Crippen LogP contribution is 2.24. The van der Waals surface area contributed by atoms with E-state index in [0.29, 0.717) is 0 Å². The number of unbranched alkanes of at least 4 members (excludes halogenated alkanes) is 8. The molecule has 1 unspecified atom stereocenters. The van der Waals surface area contributed by atoms with Gasteiger partial charge in [0.2, 0.25) is 0 Å². The molecule has 0 spiro atoms. The van der Waals surface area contributed by atoms with Gasteiger partial charge in [-0.15, -0.1) is 0 Å². The number of carbonyl (C=O) groups is 2. The third-order valence-corrected chi connectivity index (χ3v) is 4.54. The van der Waals surface area contributed by atoms with E-state index in [0.717, 1.165) is 25.7 Å². The normalized spacial score (nSPS) is 18.5. The van der Waals surface area contributed by atoms with Crippen molar-refractivity contribution in [3.63, 3.8) is 0 Å². The zero-order chi connectivity index (χ0) is 16.9. The van der Waals surface area contributed by atoms with Crippen LogP contribution >= 0.6 is 0 Å². The lowest BCUT2D eigenvalue weighted by Crippen LogP contribution is -2.05. The molecular weight excluding hydrogens is 288 g/mol. The Balaban J connectivity index is 2.28. The average Bonchev–Trinajstić information content (AvgIpc) is 2.84. The summed E-state index contributed by atoms with van der Waals surface area (Å²) in [5.41, 5.74) is 1.34. The van der Waals surface area contributed by atoms with Crippen molar-refractivity contribution in [3.8, 4) is 0 Å². The number of hydrogen-bond acceptors (Lipinski definition) is 3. The molecule has 3 heteroatoms. The van der Waals surface area contributed by atoms with Gasteiger partial charge in [-0.25, -0.2) is 0 Å². The molecule has 0 amide bonds. The van der Waals surface area contributed by atoms with Crippen LogP contribution in [0.5, 0.6) is 0 Å². The van der Waals surface area contributed by atoms with Crippen molar-refractivity contribution in [2.75, 3.05) is 0 Å². The Morgan fingerprint density at radius 3 is 2.04 bits per heavy atom. The van der Waals surface area contributed by atoms with Gasteiger partial charge in [0.15, 0.2) is 0 Å². The lowest BCUT2D eigenvalue weighted by molar-refractivity contribution is -0.152. The Morgan fingerprint density at radius 1 is 0.913 bits per heavy atom. The van der Waals surface area contributed by atoms with Gasteiger partial charge in [0.25, 0.3) is 0 Å². The summed E-state index contributed by atoms with van der Waals surface area (Å²) in [5.74, 6) is -1.07. The number of ether oxygens (including phenoxy) is 1. The van der Waals surface area contributed by atoms with Crippen molar-refractivity contribution in [2.24, 2.45) is 5.92 Å². The van der Waals surface area contributed by atoms with Gasteiger partial charge in [0.05, 0.1) is 12.3 Å². The summed E-state index contributed by atoms with van der Waals surface area (Å²) in [6, 6.07) is 0. The minimum Gasteiger partial charge on any atom is -0.393 e. The Labute approximate surface area is 141 Å². The Bertz CT molecular complexity index is 384. The molecule has 1 rings (SSSR count). The van der Waals surface area contributed by atoms with Crippen LogP contribution in [0.25, 0.3) is 0 Å². The molecule has 1 aliphatic rings. The fraction of sp³-hybridized carbons (Fsp3) is 0.800. The molecule has 0 aromatic carbocycles. The average molecular weight is 322 g/mol. The van der Waals surface area contributed by atoms with Crippen LogP contribution in [0.2, 0.25) is 0 Å². The summed E-state index contributed by atoms with van der Waals surface area (Å²) in [4.78, 5) is 22.8. The number of carbonyl (C=O) groups excluding carboxylic acids is 2. The lowest BCUT2D eigenvalue weighted by atomic mass is 9.96. The van der Waals surface area contributed by atoms with E-state index in [2.05, 4.69) is 18.6 Å². The number of allylic oxidation sites excluding steroid dienone is 1. The molecule has 0 N–H and O–H groups in total. The van der Waals surface area contributed by atoms with Crippen LogP contribution in [0.1, 0.15) is 97.3 Å². The van der Waals surface area contributed by atoms with Crippen molar-refractivity contribution < 1.29 is 14.3 Å². The quantitative estimate of drug-likeness (QED) is 0.188. The molecule has 1 fully saturated rings. The molecular formula is C20H34O3. The van der Waals surface area contributed by atoms with Crippen LogP contribution in [0.4, 0.5) is 0 Å². The highest BCUT2D eigenvalue weighted by Gasteiger charge is 2.31. The number of hydrogen-bond donors (Lipinski definition) is 0. The van der Waals surface area contributed by atoms with Gasteiger partial charge in [0, 0.05) is 0 Å². The maximum atomic E-state index is 11.6. The van der Waals surface area contributed by atoms with Gasteiger partial charge in [-0.3, -0.25) is 9.59 Å². The van der Waals surface area contributed by atoms with Crippen LogP contribution in [0.3, 0.4) is 0 Å². The van der Waals surface area contributed by atoms with Crippen LogP contribution in [-0.4, -0.2) is 11.9 Å². The zero-order valence-electron chi connectivity index (χ0n) is 15.1. The first kappa shape index (κ1) is 19.9. The molecule has 1 heterocycles. The summed E-state index contributed by atoms with van der Waals surface area (Å²) < 4.78 is 4.65. The van der Waals surface area contributed by atoms with E-state index in [1.54, 1.807) is 0 Å². The lowest BCUT2D eigenvalue weighted by Gasteiger charge is -2.09. The maximum absolute atomic E-state index is 11.6. The molecule has 0 bridgehead atoms. The monoisotopic (exact) mass is 322 g/mol. The summed E-state index contributed by atoms with van der Waals surface area (Å²) in [6.07, 6.45) is 17.2. The van der Waals surface area contributed by atoms with E-state index in [1.165, 1.54) is 56.9 Å². The maximum Gasteiger partial charge on any atom is 0.321 e. The van der Waals surface area contributed by atoms with Crippen molar-refractivity contribution in [2.45, 2.75) is 97.3 Å². The largest absolute Gasteiger partial charge is 0.393 e. The molecule has 1 saturated heterocycles.